The Kier molecular flexibility index (Phi) is 4.92. The molecule has 1 amide bonds. The molecule has 3 heterocycles. The van der Waals surface area contributed by atoms with Crippen molar-refractivity contribution in [1.29, 1.82) is 0 Å². The summed E-state index contributed by atoms with van der Waals surface area (Å²) in [6.07, 6.45) is 2.91. The SMILES string of the molecule is C[C@H](NC(=O)c1c(N)nn2cnccc12)c1nc(F)c(Cl)c(=O)n1-c1ccccc1. The fourth-order valence-electron chi connectivity index (χ4n) is 3.10. The molecular formula is C19H15ClFN7O2. The Morgan fingerprint density at radius 3 is 2.73 bits per heavy atom. The molecular weight excluding hydrogens is 413 g/mol. The molecule has 11 heteroatoms. The molecule has 0 fully saturated rings. The molecule has 0 spiro atoms. The number of hydrogen-bond acceptors (Lipinski definition) is 6. The third-order valence-electron chi connectivity index (χ3n) is 4.46. The standard InChI is InChI=1S/C19H15ClFN7O2/c1-10(24-18(29)13-12-7-8-23-9-27(12)26-16(13)22)17-25-15(21)14(20)19(30)28(17)11-5-3-2-4-6-11/h2-10H,1H3,(H2,22,26)(H,24,29)/t10-/m0/s1. The lowest BCUT2D eigenvalue weighted by Gasteiger charge is -2.19. The zero-order valence-corrected chi connectivity index (χ0v) is 16.3. The number of nitrogens with two attached hydrogens (primary N) is 1. The topological polar surface area (TPSA) is 120 Å². The van der Waals surface area contributed by atoms with E-state index < -0.39 is 28.5 Å². The Labute approximate surface area is 173 Å². The van der Waals surface area contributed by atoms with E-state index in [1.54, 1.807) is 43.3 Å². The smallest absolute Gasteiger partial charge is 0.280 e. The van der Waals surface area contributed by atoms with E-state index in [2.05, 4.69) is 20.4 Å². The molecule has 0 unspecified atom stereocenters. The van der Waals surface area contributed by atoms with Crippen molar-refractivity contribution in [3.05, 3.63) is 81.6 Å². The van der Waals surface area contributed by atoms with Crippen molar-refractivity contribution in [2.24, 2.45) is 0 Å². The molecule has 0 saturated heterocycles. The van der Waals surface area contributed by atoms with Crippen LogP contribution in [0.2, 0.25) is 5.02 Å². The van der Waals surface area contributed by atoms with Crippen LogP contribution >= 0.6 is 11.6 Å². The molecule has 30 heavy (non-hydrogen) atoms. The molecule has 0 aliphatic rings. The van der Waals surface area contributed by atoms with Crippen LogP contribution in [0, 0.1) is 5.95 Å². The van der Waals surface area contributed by atoms with Gasteiger partial charge in [-0.1, -0.05) is 29.8 Å². The van der Waals surface area contributed by atoms with Crippen LogP contribution in [0.5, 0.6) is 0 Å². The maximum atomic E-state index is 14.2. The first-order valence-corrected chi connectivity index (χ1v) is 9.18. The van der Waals surface area contributed by atoms with Crippen LogP contribution in [0.4, 0.5) is 10.2 Å². The second-order valence-corrected chi connectivity index (χ2v) is 6.79. The summed E-state index contributed by atoms with van der Waals surface area (Å²) >= 11 is 5.79. The molecule has 0 bridgehead atoms. The molecule has 0 saturated carbocycles. The molecule has 9 nitrogen and oxygen atoms in total. The molecule has 0 aliphatic carbocycles. The van der Waals surface area contributed by atoms with E-state index in [1.807, 2.05) is 0 Å². The average Bonchev–Trinajstić information content (AvgIpc) is 3.08. The lowest BCUT2D eigenvalue weighted by atomic mass is 10.2. The first-order chi connectivity index (χ1) is 14.4. The van der Waals surface area contributed by atoms with E-state index in [0.29, 0.717) is 11.2 Å². The minimum atomic E-state index is -1.12. The highest BCUT2D eigenvalue weighted by molar-refractivity contribution is 6.30. The average molecular weight is 428 g/mol. The van der Waals surface area contributed by atoms with Crippen LogP contribution in [-0.2, 0) is 0 Å². The van der Waals surface area contributed by atoms with Crippen molar-refractivity contribution in [2.75, 3.05) is 5.73 Å². The second-order valence-electron chi connectivity index (χ2n) is 6.42. The number of anilines is 1. The minimum Gasteiger partial charge on any atom is -0.382 e. The normalized spacial score (nSPS) is 12.1. The van der Waals surface area contributed by atoms with Gasteiger partial charge in [-0.3, -0.25) is 14.2 Å². The summed E-state index contributed by atoms with van der Waals surface area (Å²) in [5.41, 5.74) is 6.11. The summed E-state index contributed by atoms with van der Waals surface area (Å²) in [6, 6.07) is 9.19. The van der Waals surface area contributed by atoms with E-state index in [4.69, 9.17) is 17.3 Å². The van der Waals surface area contributed by atoms with Crippen molar-refractivity contribution in [2.45, 2.75) is 13.0 Å². The van der Waals surface area contributed by atoms with Crippen LogP contribution in [-0.4, -0.2) is 30.1 Å². The highest BCUT2D eigenvalue weighted by atomic mass is 35.5. The van der Waals surface area contributed by atoms with Gasteiger partial charge in [0, 0.05) is 6.20 Å². The fourth-order valence-corrected chi connectivity index (χ4v) is 3.23. The summed E-state index contributed by atoms with van der Waals surface area (Å²) in [5.74, 6) is -1.71. The number of halogens is 2. The number of nitrogens with zero attached hydrogens (tertiary/aromatic N) is 5. The molecule has 4 aromatic rings. The predicted molar refractivity (Wildman–Crippen MR) is 108 cm³/mol. The van der Waals surface area contributed by atoms with Crippen LogP contribution in [0.25, 0.3) is 11.2 Å². The zero-order valence-electron chi connectivity index (χ0n) is 15.6. The van der Waals surface area contributed by atoms with Gasteiger partial charge in [0.2, 0.25) is 5.95 Å². The van der Waals surface area contributed by atoms with Gasteiger partial charge in [-0.05, 0) is 25.1 Å². The monoisotopic (exact) mass is 427 g/mol. The second kappa shape index (κ2) is 7.56. The van der Waals surface area contributed by atoms with E-state index >= 15 is 0 Å². The van der Waals surface area contributed by atoms with Crippen LogP contribution < -0.4 is 16.6 Å². The number of hydrogen-bond donors (Lipinski definition) is 2. The first kappa shape index (κ1) is 19.5. The number of amides is 1. The first-order valence-electron chi connectivity index (χ1n) is 8.80. The number of nitrogen functional groups attached to an aromatic ring is 1. The predicted octanol–water partition coefficient (Wildman–Crippen LogP) is 2.14. The summed E-state index contributed by atoms with van der Waals surface area (Å²) in [4.78, 5) is 33.3. The number of aromatic nitrogens is 5. The third-order valence-corrected chi connectivity index (χ3v) is 4.78. The number of carbonyl (C=O) groups excluding carboxylic acids is 1. The van der Waals surface area contributed by atoms with Gasteiger partial charge in [0.1, 0.15) is 17.7 Å². The van der Waals surface area contributed by atoms with Crippen LogP contribution in [0.15, 0.2) is 53.7 Å². The largest absolute Gasteiger partial charge is 0.382 e. The van der Waals surface area contributed by atoms with Gasteiger partial charge in [0.25, 0.3) is 11.5 Å². The molecule has 0 aliphatic heterocycles. The lowest BCUT2D eigenvalue weighted by molar-refractivity contribution is 0.0940. The van der Waals surface area contributed by atoms with Gasteiger partial charge >= 0.3 is 0 Å². The van der Waals surface area contributed by atoms with Crippen molar-refractivity contribution in [1.82, 2.24) is 29.5 Å². The highest BCUT2D eigenvalue weighted by Gasteiger charge is 2.25. The van der Waals surface area contributed by atoms with Crippen molar-refractivity contribution < 1.29 is 9.18 Å². The molecule has 1 aromatic carbocycles. The Morgan fingerprint density at radius 1 is 1.27 bits per heavy atom. The van der Waals surface area contributed by atoms with Crippen molar-refractivity contribution in [3.63, 3.8) is 0 Å². The molecule has 4 rings (SSSR count). The number of benzene rings is 1. The summed E-state index contributed by atoms with van der Waals surface area (Å²) in [5, 5.41) is 6.09. The third kappa shape index (κ3) is 3.26. The summed E-state index contributed by atoms with van der Waals surface area (Å²) in [7, 11) is 0. The summed E-state index contributed by atoms with van der Waals surface area (Å²) in [6.45, 7) is 1.57. The van der Waals surface area contributed by atoms with Gasteiger partial charge in [-0.15, -0.1) is 5.10 Å². The van der Waals surface area contributed by atoms with Gasteiger partial charge in [-0.2, -0.15) is 4.39 Å². The number of fused-ring (bicyclic) bond motifs is 1. The van der Waals surface area contributed by atoms with Crippen molar-refractivity contribution in [3.8, 4) is 5.69 Å². The van der Waals surface area contributed by atoms with Gasteiger partial charge in [-0.25, -0.2) is 14.5 Å². The highest BCUT2D eigenvalue weighted by Crippen LogP contribution is 2.21. The van der Waals surface area contributed by atoms with Crippen LogP contribution in [0.3, 0.4) is 0 Å². The molecule has 3 aromatic heterocycles. The van der Waals surface area contributed by atoms with Crippen LogP contribution in [0.1, 0.15) is 29.1 Å². The fraction of sp³-hybridized carbons (Fsp3) is 0.105. The molecule has 152 valence electrons. The summed E-state index contributed by atoms with van der Waals surface area (Å²) < 4.78 is 16.7. The number of carbonyl (C=O) groups is 1. The maximum Gasteiger partial charge on any atom is 0.280 e. The van der Waals surface area contributed by atoms with E-state index in [9.17, 15) is 14.0 Å². The maximum absolute atomic E-state index is 14.2. The molecule has 3 N–H and O–H groups in total. The van der Waals surface area contributed by atoms with E-state index in [0.717, 1.165) is 4.57 Å². The quantitative estimate of drug-likeness (QED) is 0.481. The van der Waals surface area contributed by atoms with Gasteiger partial charge in [0.05, 0.1) is 17.2 Å². The van der Waals surface area contributed by atoms with Crippen molar-refractivity contribution >= 4 is 28.8 Å². The number of rotatable bonds is 4. The Hall–Kier alpha value is -3.79. The Balaban J connectivity index is 1.77. The lowest BCUT2D eigenvalue weighted by Crippen LogP contribution is -2.34. The molecule has 0 radical (unpaired) electrons. The van der Waals surface area contributed by atoms with E-state index in [1.165, 1.54) is 17.0 Å². The zero-order chi connectivity index (χ0) is 21.4. The number of para-hydroxylation sites is 1. The van der Waals surface area contributed by atoms with E-state index in [-0.39, 0.29) is 17.2 Å². The van der Waals surface area contributed by atoms with Gasteiger partial charge < -0.3 is 11.1 Å². The Bertz CT molecular complexity index is 1320. The Morgan fingerprint density at radius 2 is 2.00 bits per heavy atom. The van der Waals surface area contributed by atoms with Gasteiger partial charge in [0.15, 0.2) is 10.8 Å². The number of nitrogens with one attached hydrogen (secondary N) is 1. The molecule has 1 atom stereocenters. The minimum absolute atomic E-state index is 0.00314.